The van der Waals surface area contributed by atoms with E-state index in [-0.39, 0.29) is 12.1 Å². The van der Waals surface area contributed by atoms with Gasteiger partial charge in [0, 0.05) is 11.3 Å². The molecule has 3 N–H and O–H groups in total. The molecule has 9 heteroatoms. The molecule has 4 rings (SSSR count). The molecule has 2 amide bonds. The molecule has 0 bridgehead atoms. The second kappa shape index (κ2) is 6.04. The van der Waals surface area contributed by atoms with Crippen LogP contribution >= 0.6 is 0 Å². The summed E-state index contributed by atoms with van der Waals surface area (Å²) in [5, 5.41) is 10.7. The number of amides is 2. The van der Waals surface area contributed by atoms with Gasteiger partial charge in [-0.25, -0.2) is 13.6 Å². The van der Waals surface area contributed by atoms with Crippen molar-refractivity contribution in [3.05, 3.63) is 59.0 Å². The number of nitrogens with two attached hydrogens (primary N) is 1. The summed E-state index contributed by atoms with van der Waals surface area (Å²) in [6, 6.07) is 6.96. The number of aromatic nitrogens is 4. The monoisotopic (exact) mass is 370 g/mol. The SMILES string of the molecule is Cc1cc2c(cc(NC(N)=O)c3nnc(C)n32)n1Cc1cccc(F)c1F. The van der Waals surface area contributed by atoms with Crippen LogP contribution in [0.25, 0.3) is 16.7 Å². The number of nitrogens with zero attached hydrogens (tertiary/aromatic N) is 4. The van der Waals surface area contributed by atoms with Gasteiger partial charge in [0.1, 0.15) is 5.82 Å². The van der Waals surface area contributed by atoms with Crippen molar-refractivity contribution in [3.63, 3.8) is 0 Å². The topological polar surface area (TPSA) is 90.2 Å². The van der Waals surface area contributed by atoms with E-state index >= 15 is 0 Å². The molecule has 0 radical (unpaired) electrons. The Morgan fingerprint density at radius 2 is 1.96 bits per heavy atom. The van der Waals surface area contributed by atoms with Gasteiger partial charge in [0.05, 0.1) is 23.3 Å². The molecule has 0 aliphatic rings. The maximum absolute atomic E-state index is 14.2. The zero-order valence-electron chi connectivity index (χ0n) is 14.6. The first kappa shape index (κ1) is 17.0. The highest BCUT2D eigenvalue weighted by molar-refractivity contribution is 5.96. The average molecular weight is 370 g/mol. The van der Waals surface area contributed by atoms with Crippen LogP contribution < -0.4 is 11.1 Å². The van der Waals surface area contributed by atoms with Crippen LogP contribution in [-0.4, -0.2) is 25.2 Å². The second-order valence-corrected chi connectivity index (χ2v) is 6.31. The molecule has 0 spiro atoms. The Morgan fingerprint density at radius 1 is 1.19 bits per heavy atom. The molecule has 0 aliphatic heterocycles. The number of hydrogen-bond donors (Lipinski definition) is 2. The van der Waals surface area contributed by atoms with Gasteiger partial charge in [-0.1, -0.05) is 12.1 Å². The quantitative estimate of drug-likeness (QED) is 0.581. The molecule has 0 saturated carbocycles. The van der Waals surface area contributed by atoms with E-state index in [1.165, 1.54) is 12.1 Å². The Hall–Kier alpha value is -3.49. The number of urea groups is 1. The summed E-state index contributed by atoms with van der Waals surface area (Å²) in [6.07, 6.45) is 0. The largest absolute Gasteiger partial charge is 0.351 e. The molecule has 138 valence electrons. The molecular formula is C18H16F2N6O. The zero-order valence-corrected chi connectivity index (χ0v) is 14.6. The summed E-state index contributed by atoms with van der Waals surface area (Å²) in [5.74, 6) is -1.15. The Kier molecular flexibility index (Phi) is 3.79. The number of rotatable bonds is 3. The minimum absolute atomic E-state index is 0.127. The number of carbonyl (C=O) groups is 1. The summed E-state index contributed by atoms with van der Waals surface area (Å²) in [4.78, 5) is 11.4. The van der Waals surface area contributed by atoms with E-state index in [0.717, 1.165) is 17.3 Å². The zero-order chi connectivity index (χ0) is 19.3. The van der Waals surface area contributed by atoms with Crippen LogP contribution in [0.15, 0.2) is 30.3 Å². The van der Waals surface area contributed by atoms with Crippen LogP contribution in [0.1, 0.15) is 17.1 Å². The molecule has 3 aromatic heterocycles. The van der Waals surface area contributed by atoms with Crippen molar-refractivity contribution < 1.29 is 13.6 Å². The fourth-order valence-corrected chi connectivity index (χ4v) is 3.31. The lowest BCUT2D eigenvalue weighted by atomic mass is 10.2. The van der Waals surface area contributed by atoms with E-state index < -0.39 is 17.7 Å². The van der Waals surface area contributed by atoms with Crippen LogP contribution in [0.2, 0.25) is 0 Å². The van der Waals surface area contributed by atoms with Crippen LogP contribution in [0.4, 0.5) is 19.3 Å². The number of pyridine rings is 1. The van der Waals surface area contributed by atoms with E-state index in [1.54, 1.807) is 17.4 Å². The summed E-state index contributed by atoms with van der Waals surface area (Å²) in [6.45, 7) is 3.78. The third-order valence-electron chi connectivity index (χ3n) is 4.53. The molecule has 3 heterocycles. The third-order valence-corrected chi connectivity index (χ3v) is 4.53. The van der Waals surface area contributed by atoms with E-state index in [0.29, 0.717) is 22.7 Å². The number of carbonyl (C=O) groups excluding carboxylic acids is 1. The van der Waals surface area contributed by atoms with Gasteiger partial charge in [0.2, 0.25) is 0 Å². The maximum Gasteiger partial charge on any atom is 0.316 e. The van der Waals surface area contributed by atoms with Gasteiger partial charge >= 0.3 is 6.03 Å². The number of nitrogens with one attached hydrogen (secondary N) is 1. The fraction of sp³-hybridized carbons (Fsp3) is 0.167. The van der Waals surface area contributed by atoms with Crippen molar-refractivity contribution in [1.82, 2.24) is 19.2 Å². The van der Waals surface area contributed by atoms with Gasteiger partial charge in [0.25, 0.3) is 0 Å². The van der Waals surface area contributed by atoms with Crippen molar-refractivity contribution in [2.45, 2.75) is 20.4 Å². The molecule has 1 aromatic carbocycles. The smallest absolute Gasteiger partial charge is 0.316 e. The van der Waals surface area contributed by atoms with Crippen LogP contribution in [0.5, 0.6) is 0 Å². The van der Waals surface area contributed by atoms with Gasteiger partial charge in [-0.15, -0.1) is 10.2 Å². The maximum atomic E-state index is 14.2. The standard InChI is InChI=1S/C18H16F2N6O/c1-9-6-15-14(25(9)8-11-4-3-5-12(19)16(11)20)7-13(22-18(21)27)17-24-23-10(2)26(15)17/h3-7H,8H2,1-2H3,(H3,21,22,27). The van der Waals surface area contributed by atoms with Crippen molar-refractivity contribution in [2.24, 2.45) is 5.73 Å². The Labute approximate surface area is 152 Å². The summed E-state index contributed by atoms with van der Waals surface area (Å²) in [5.41, 5.74) is 8.65. The Morgan fingerprint density at radius 3 is 2.70 bits per heavy atom. The Balaban J connectivity index is 1.97. The van der Waals surface area contributed by atoms with Gasteiger partial charge in [-0.2, -0.15) is 0 Å². The highest BCUT2D eigenvalue weighted by Gasteiger charge is 2.18. The van der Waals surface area contributed by atoms with Gasteiger partial charge in [0.15, 0.2) is 17.3 Å². The third kappa shape index (κ3) is 2.67. The minimum Gasteiger partial charge on any atom is -0.351 e. The van der Waals surface area contributed by atoms with Gasteiger partial charge in [-0.05, 0) is 32.0 Å². The lowest BCUT2D eigenvalue weighted by Crippen LogP contribution is -2.20. The second-order valence-electron chi connectivity index (χ2n) is 6.31. The molecule has 27 heavy (non-hydrogen) atoms. The Bertz CT molecular complexity index is 1210. The van der Waals surface area contributed by atoms with Gasteiger partial charge in [-0.3, -0.25) is 4.40 Å². The van der Waals surface area contributed by atoms with Crippen molar-refractivity contribution >= 4 is 28.4 Å². The van der Waals surface area contributed by atoms with Crippen LogP contribution in [0.3, 0.4) is 0 Å². The number of hydrogen-bond acceptors (Lipinski definition) is 3. The molecular weight excluding hydrogens is 354 g/mol. The highest BCUT2D eigenvalue weighted by atomic mass is 19.2. The molecule has 0 unspecified atom stereocenters. The lowest BCUT2D eigenvalue weighted by molar-refractivity contribution is 0.259. The van der Waals surface area contributed by atoms with Crippen LogP contribution in [0, 0.1) is 25.5 Å². The number of aryl methyl sites for hydroxylation is 2. The lowest BCUT2D eigenvalue weighted by Gasteiger charge is -2.12. The van der Waals surface area contributed by atoms with Gasteiger partial charge < -0.3 is 15.6 Å². The highest BCUT2D eigenvalue weighted by Crippen LogP contribution is 2.29. The van der Waals surface area contributed by atoms with E-state index in [1.807, 2.05) is 17.6 Å². The molecule has 4 aromatic rings. The van der Waals surface area contributed by atoms with Crippen molar-refractivity contribution in [2.75, 3.05) is 5.32 Å². The van der Waals surface area contributed by atoms with Crippen molar-refractivity contribution in [3.8, 4) is 0 Å². The first-order valence-corrected chi connectivity index (χ1v) is 8.20. The number of halogens is 2. The van der Waals surface area contributed by atoms with E-state index in [9.17, 15) is 13.6 Å². The fourth-order valence-electron chi connectivity index (χ4n) is 3.31. The number of fused-ring (bicyclic) bond motifs is 3. The molecule has 0 atom stereocenters. The van der Waals surface area contributed by atoms with Crippen molar-refractivity contribution in [1.29, 1.82) is 0 Å². The number of anilines is 1. The normalized spacial score (nSPS) is 11.4. The summed E-state index contributed by atoms with van der Waals surface area (Å²) >= 11 is 0. The van der Waals surface area contributed by atoms with E-state index in [2.05, 4.69) is 15.5 Å². The number of benzene rings is 1. The molecule has 0 fully saturated rings. The first-order valence-electron chi connectivity index (χ1n) is 8.20. The number of primary amides is 1. The predicted molar refractivity (Wildman–Crippen MR) is 96.6 cm³/mol. The average Bonchev–Trinajstić information content (AvgIpc) is 3.13. The molecule has 7 nitrogen and oxygen atoms in total. The van der Waals surface area contributed by atoms with Crippen LogP contribution in [-0.2, 0) is 6.54 Å². The molecule has 0 aliphatic carbocycles. The first-order chi connectivity index (χ1) is 12.9. The molecule has 0 saturated heterocycles. The summed E-state index contributed by atoms with van der Waals surface area (Å²) < 4.78 is 31.4. The minimum atomic E-state index is -0.894. The summed E-state index contributed by atoms with van der Waals surface area (Å²) in [7, 11) is 0. The predicted octanol–water partition coefficient (Wildman–Crippen LogP) is 3.12. The van der Waals surface area contributed by atoms with E-state index in [4.69, 9.17) is 5.73 Å².